The number of rotatable bonds is 5. The first kappa shape index (κ1) is 15.8. The molecule has 0 aromatic heterocycles. The Morgan fingerprint density at radius 2 is 2.05 bits per heavy atom. The fourth-order valence-corrected chi connectivity index (χ4v) is 2.79. The number of aryl methyl sites for hydroxylation is 1. The number of anilines is 1. The van der Waals surface area contributed by atoms with E-state index in [9.17, 15) is 4.79 Å². The third kappa shape index (κ3) is 4.43. The van der Waals surface area contributed by atoms with Crippen molar-refractivity contribution >= 4 is 28.8 Å². The van der Waals surface area contributed by atoms with Gasteiger partial charge in [0.1, 0.15) is 4.99 Å². The minimum atomic E-state index is 0.228. The molecule has 21 heavy (non-hydrogen) atoms. The van der Waals surface area contributed by atoms with Crippen LogP contribution in [0.3, 0.4) is 0 Å². The summed E-state index contributed by atoms with van der Waals surface area (Å²) in [6, 6.07) is 5.95. The Bertz CT molecular complexity index is 524. The van der Waals surface area contributed by atoms with Crippen molar-refractivity contribution in [3.8, 4) is 0 Å². The van der Waals surface area contributed by atoms with Gasteiger partial charge in [-0.05, 0) is 38.3 Å². The molecule has 1 saturated heterocycles. The highest BCUT2D eigenvalue weighted by atomic mass is 32.1. The molecule has 1 aromatic carbocycles. The number of carbonyl (C=O) groups excluding carboxylic acids is 1. The summed E-state index contributed by atoms with van der Waals surface area (Å²) < 4.78 is 0. The lowest BCUT2D eigenvalue weighted by Crippen LogP contribution is -2.36. The SMILES string of the molecule is Cc1ccc(NCCC(=O)N2CCCCC2)c(C(N)=S)c1. The van der Waals surface area contributed by atoms with Gasteiger partial charge in [-0.3, -0.25) is 4.79 Å². The van der Waals surface area contributed by atoms with Gasteiger partial charge in [-0.2, -0.15) is 0 Å². The van der Waals surface area contributed by atoms with Crippen LogP contribution < -0.4 is 11.1 Å². The minimum Gasteiger partial charge on any atom is -0.389 e. The monoisotopic (exact) mass is 305 g/mol. The lowest BCUT2D eigenvalue weighted by molar-refractivity contribution is -0.131. The van der Waals surface area contributed by atoms with Crippen molar-refractivity contribution in [2.45, 2.75) is 32.6 Å². The first-order valence-electron chi connectivity index (χ1n) is 7.50. The average molecular weight is 305 g/mol. The summed E-state index contributed by atoms with van der Waals surface area (Å²) in [6.45, 7) is 4.42. The van der Waals surface area contributed by atoms with E-state index in [2.05, 4.69) is 5.32 Å². The highest BCUT2D eigenvalue weighted by Gasteiger charge is 2.16. The zero-order valence-electron chi connectivity index (χ0n) is 12.5. The van der Waals surface area contributed by atoms with Gasteiger partial charge in [0.25, 0.3) is 0 Å². The van der Waals surface area contributed by atoms with E-state index in [1.807, 2.05) is 30.0 Å². The maximum atomic E-state index is 12.1. The molecular weight excluding hydrogens is 282 g/mol. The maximum absolute atomic E-state index is 12.1. The van der Waals surface area contributed by atoms with Crippen molar-refractivity contribution in [1.82, 2.24) is 4.90 Å². The van der Waals surface area contributed by atoms with Crippen molar-refractivity contribution in [1.29, 1.82) is 0 Å². The summed E-state index contributed by atoms with van der Waals surface area (Å²) in [5.74, 6) is 0.228. The normalized spacial score (nSPS) is 14.8. The summed E-state index contributed by atoms with van der Waals surface area (Å²) in [6.07, 6.45) is 4.00. The molecule has 1 aliphatic rings. The van der Waals surface area contributed by atoms with Gasteiger partial charge in [0.2, 0.25) is 5.91 Å². The van der Waals surface area contributed by atoms with E-state index in [4.69, 9.17) is 18.0 Å². The summed E-state index contributed by atoms with van der Waals surface area (Å²) in [5.41, 5.74) is 8.61. The van der Waals surface area contributed by atoms with Gasteiger partial charge in [0.15, 0.2) is 0 Å². The number of nitrogens with two attached hydrogens (primary N) is 1. The van der Waals surface area contributed by atoms with Crippen molar-refractivity contribution in [2.75, 3.05) is 25.0 Å². The molecule has 3 N–H and O–H groups in total. The third-order valence-corrected chi connectivity index (χ3v) is 4.02. The summed E-state index contributed by atoms with van der Waals surface area (Å²) in [5, 5.41) is 3.28. The Morgan fingerprint density at radius 3 is 2.71 bits per heavy atom. The zero-order valence-corrected chi connectivity index (χ0v) is 13.3. The predicted molar refractivity (Wildman–Crippen MR) is 90.6 cm³/mol. The van der Waals surface area contributed by atoms with E-state index in [1.165, 1.54) is 6.42 Å². The topological polar surface area (TPSA) is 58.4 Å². The number of piperidine rings is 1. The van der Waals surface area contributed by atoms with Gasteiger partial charge in [-0.25, -0.2) is 0 Å². The molecule has 1 amide bonds. The average Bonchev–Trinajstić information content (AvgIpc) is 2.49. The molecule has 4 nitrogen and oxygen atoms in total. The number of likely N-dealkylation sites (tertiary alicyclic amines) is 1. The molecule has 114 valence electrons. The van der Waals surface area contributed by atoms with Crippen molar-refractivity contribution in [2.24, 2.45) is 5.73 Å². The van der Waals surface area contributed by atoms with Crippen LogP contribution in [0, 0.1) is 6.92 Å². The number of benzene rings is 1. The van der Waals surface area contributed by atoms with Crippen LogP contribution >= 0.6 is 12.2 Å². The molecule has 1 aliphatic heterocycles. The molecule has 0 atom stereocenters. The molecule has 2 rings (SSSR count). The van der Waals surface area contributed by atoms with E-state index in [1.54, 1.807) is 0 Å². The highest BCUT2D eigenvalue weighted by molar-refractivity contribution is 7.80. The van der Waals surface area contributed by atoms with Crippen LogP contribution in [0.1, 0.15) is 36.8 Å². The fraction of sp³-hybridized carbons (Fsp3) is 0.500. The molecule has 0 aliphatic carbocycles. The smallest absolute Gasteiger partial charge is 0.224 e. The molecule has 1 heterocycles. The zero-order chi connectivity index (χ0) is 15.2. The Hall–Kier alpha value is -1.62. The summed E-state index contributed by atoms with van der Waals surface area (Å²) in [7, 11) is 0. The lowest BCUT2D eigenvalue weighted by Gasteiger charge is -2.26. The minimum absolute atomic E-state index is 0.228. The molecule has 0 saturated carbocycles. The quantitative estimate of drug-likeness (QED) is 0.820. The van der Waals surface area contributed by atoms with Gasteiger partial charge in [-0.15, -0.1) is 0 Å². The molecule has 0 bridgehead atoms. The molecular formula is C16H23N3OS. The fourth-order valence-electron chi connectivity index (χ4n) is 2.62. The van der Waals surface area contributed by atoms with Gasteiger partial charge >= 0.3 is 0 Å². The van der Waals surface area contributed by atoms with Crippen LogP contribution in [-0.2, 0) is 4.79 Å². The van der Waals surface area contributed by atoms with Crippen LogP contribution in [0.4, 0.5) is 5.69 Å². The predicted octanol–water partition coefficient (Wildman–Crippen LogP) is 2.44. The maximum Gasteiger partial charge on any atom is 0.224 e. The second-order valence-electron chi connectivity index (χ2n) is 5.53. The van der Waals surface area contributed by atoms with Gasteiger partial charge in [-0.1, -0.05) is 23.8 Å². The van der Waals surface area contributed by atoms with Crippen LogP contribution in [-0.4, -0.2) is 35.4 Å². The van der Waals surface area contributed by atoms with E-state index in [0.29, 0.717) is 18.0 Å². The largest absolute Gasteiger partial charge is 0.389 e. The molecule has 5 heteroatoms. The molecule has 0 radical (unpaired) electrons. The molecule has 1 fully saturated rings. The number of hydrogen-bond acceptors (Lipinski definition) is 3. The Morgan fingerprint density at radius 1 is 1.33 bits per heavy atom. The number of nitrogens with one attached hydrogen (secondary N) is 1. The number of nitrogens with zero attached hydrogens (tertiary/aromatic N) is 1. The van der Waals surface area contributed by atoms with Crippen LogP contribution in [0.25, 0.3) is 0 Å². The number of carbonyl (C=O) groups is 1. The lowest BCUT2D eigenvalue weighted by atomic mass is 10.1. The Kier molecular flexibility index (Phi) is 5.56. The molecule has 1 aromatic rings. The van der Waals surface area contributed by atoms with E-state index < -0.39 is 0 Å². The molecule has 0 unspecified atom stereocenters. The third-order valence-electron chi connectivity index (χ3n) is 3.80. The second kappa shape index (κ2) is 7.41. The van der Waals surface area contributed by atoms with E-state index in [0.717, 1.165) is 42.7 Å². The van der Waals surface area contributed by atoms with Crippen LogP contribution in [0.5, 0.6) is 0 Å². The second-order valence-corrected chi connectivity index (χ2v) is 5.97. The van der Waals surface area contributed by atoms with Gasteiger partial charge in [0.05, 0.1) is 0 Å². The van der Waals surface area contributed by atoms with E-state index >= 15 is 0 Å². The van der Waals surface area contributed by atoms with Crippen molar-refractivity contribution < 1.29 is 4.79 Å². The van der Waals surface area contributed by atoms with Crippen LogP contribution in [0.15, 0.2) is 18.2 Å². The van der Waals surface area contributed by atoms with Gasteiger partial charge in [0, 0.05) is 37.3 Å². The summed E-state index contributed by atoms with van der Waals surface area (Å²) in [4.78, 5) is 14.4. The first-order chi connectivity index (χ1) is 10.1. The number of amides is 1. The summed E-state index contributed by atoms with van der Waals surface area (Å²) >= 11 is 5.08. The molecule has 0 spiro atoms. The first-order valence-corrected chi connectivity index (χ1v) is 7.91. The van der Waals surface area contributed by atoms with Crippen LogP contribution in [0.2, 0.25) is 0 Å². The Balaban J connectivity index is 1.88. The van der Waals surface area contributed by atoms with E-state index in [-0.39, 0.29) is 5.91 Å². The van der Waals surface area contributed by atoms with Gasteiger partial charge < -0.3 is 16.0 Å². The van der Waals surface area contributed by atoms with Crippen molar-refractivity contribution in [3.63, 3.8) is 0 Å². The van der Waals surface area contributed by atoms with Crippen molar-refractivity contribution in [3.05, 3.63) is 29.3 Å². The Labute approximate surface area is 131 Å². The number of hydrogen-bond donors (Lipinski definition) is 2. The highest BCUT2D eigenvalue weighted by Crippen LogP contribution is 2.17. The number of thiocarbonyl (C=S) groups is 1. The standard InChI is InChI=1S/C16H23N3OS/c1-12-5-6-14(13(11-12)16(17)21)18-8-7-15(20)19-9-3-2-4-10-19/h5-6,11,18H,2-4,7-10H2,1H3,(H2,17,21).